The van der Waals surface area contributed by atoms with Crippen LogP contribution in [0, 0.1) is 6.92 Å². The number of aromatic nitrogens is 4. The number of aryl methyl sites for hydroxylation is 1. The van der Waals surface area contributed by atoms with Crippen LogP contribution >= 0.6 is 0 Å². The fourth-order valence-corrected chi connectivity index (χ4v) is 5.09. The van der Waals surface area contributed by atoms with Gasteiger partial charge in [0.1, 0.15) is 28.7 Å². The first-order valence-corrected chi connectivity index (χ1v) is 14.6. The van der Waals surface area contributed by atoms with Crippen LogP contribution in [0.1, 0.15) is 37.9 Å². The van der Waals surface area contributed by atoms with Gasteiger partial charge in [0.05, 0.1) is 36.3 Å². The van der Waals surface area contributed by atoms with E-state index in [0.29, 0.717) is 24.5 Å². The van der Waals surface area contributed by atoms with E-state index in [0.717, 1.165) is 56.1 Å². The average Bonchev–Trinajstić information content (AvgIpc) is 3.63. The van der Waals surface area contributed by atoms with Gasteiger partial charge >= 0.3 is 6.03 Å². The van der Waals surface area contributed by atoms with Gasteiger partial charge < -0.3 is 19.8 Å². The summed E-state index contributed by atoms with van der Waals surface area (Å²) in [4.78, 5) is 21.4. The van der Waals surface area contributed by atoms with Crippen LogP contribution in [0.3, 0.4) is 0 Å². The lowest BCUT2D eigenvalue weighted by atomic mass is 9.92. The number of benzene rings is 4. The molecular weight excluding hydrogens is 552 g/mol. The summed E-state index contributed by atoms with van der Waals surface area (Å²) in [5.41, 5.74) is 5.12. The van der Waals surface area contributed by atoms with E-state index in [1.165, 1.54) is 0 Å². The molecule has 0 atom stereocenters. The van der Waals surface area contributed by atoms with Gasteiger partial charge in [0.25, 0.3) is 0 Å². The van der Waals surface area contributed by atoms with Gasteiger partial charge in [-0.25, -0.2) is 14.5 Å². The summed E-state index contributed by atoms with van der Waals surface area (Å²) in [6.45, 7) is 8.77. The maximum Gasteiger partial charge on any atom is 0.324 e. The van der Waals surface area contributed by atoms with Crippen molar-refractivity contribution in [3.8, 4) is 17.2 Å². The van der Waals surface area contributed by atoms with Gasteiger partial charge in [-0.05, 0) is 43.3 Å². The van der Waals surface area contributed by atoms with Gasteiger partial charge in [0.2, 0.25) is 0 Å². The van der Waals surface area contributed by atoms with Crippen LogP contribution in [-0.4, -0.2) is 39.5 Å². The monoisotopic (exact) mass is 588 g/mol. The van der Waals surface area contributed by atoms with Gasteiger partial charge in [-0.2, -0.15) is 5.10 Å². The quantitative estimate of drug-likeness (QED) is 0.168. The van der Waals surface area contributed by atoms with Crippen molar-refractivity contribution < 1.29 is 14.3 Å². The molecule has 2 heterocycles. The molecule has 6 rings (SSSR count). The van der Waals surface area contributed by atoms with E-state index in [1.807, 2.05) is 91.9 Å². The van der Waals surface area contributed by atoms with Crippen LogP contribution in [0.2, 0.25) is 0 Å². The zero-order valence-electron chi connectivity index (χ0n) is 25.6. The molecule has 4 aromatic carbocycles. The third kappa shape index (κ3) is 5.94. The van der Waals surface area contributed by atoms with Crippen molar-refractivity contribution in [1.82, 2.24) is 19.7 Å². The first kappa shape index (κ1) is 28.8. The third-order valence-electron chi connectivity index (χ3n) is 7.47. The highest BCUT2D eigenvalue weighted by Crippen LogP contribution is 2.33. The Kier molecular flexibility index (Phi) is 7.69. The number of rotatable bonds is 8. The highest BCUT2D eigenvalue weighted by Gasteiger charge is 2.22. The fourth-order valence-electron chi connectivity index (χ4n) is 5.09. The van der Waals surface area contributed by atoms with E-state index >= 15 is 0 Å². The summed E-state index contributed by atoms with van der Waals surface area (Å²) in [6, 6.07) is 27.0. The number of fused-ring (bicyclic) bond motifs is 2. The summed E-state index contributed by atoms with van der Waals surface area (Å²) in [5, 5.41) is 12.6. The molecule has 0 bridgehead atoms. The number of urea groups is 1. The molecule has 0 aliphatic rings. The first-order chi connectivity index (χ1) is 21.2. The molecule has 9 nitrogen and oxygen atoms in total. The molecule has 0 saturated heterocycles. The van der Waals surface area contributed by atoms with E-state index in [-0.39, 0.29) is 11.4 Å². The number of amides is 2. The molecule has 0 aliphatic carbocycles. The Morgan fingerprint density at radius 1 is 0.909 bits per heavy atom. The van der Waals surface area contributed by atoms with Crippen LogP contribution in [0.15, 0.2) is 84.9 Å². The zero-order valence-corrected chi connectivity index (χ0v) is 25.6. The summed E-state index contributed by atoms with van der Waals surface area (Å²) >= 11 is 0. The van der Waals surface area contributed by atoms with Crippen LogP contribution in [0.5, 0.6) is 11.5 Å². The van der Waals surface area contributed by atoms with Crippen molar-refractivity contribution in [1.29, 1.82) is 0 Å². The van der Waals surface area contributed by atoms with E-state index < -0.39 is 0 Å². The van der Waals surface area contributed by atoms with Crippen LogP contribution in [-0.2, 0) is 11.8 Å². The molecule has 0 unspecified atom stereocenters. The van der Waals surface area contributed by atoms with Gasteiger partial charge in [-0.15, -0.1) is 0 Å². The van der Waals surface area contributed by atoms with Crippen LogP contribution < -0.4 is 20.1 Å². The molecular formula is C35H36N6O3. The molecule has 224 valence electrons. The smallest absolute Gasteiger partial charge is 0.324 e. The number of carbonyl (C=O) groups is 1. The van der Waals surface area contributed by atoms with Crippen molar-refractivity contribution in [3.05, 3.63) is 102 Å². The van der Waals surface area contributed by atoms with Crippen LogP contribution in [0.25, 0.3) is 27.5 Å². The van der Waals surface area contributed by atoms with Crippen molar-refractivity contribution in [2.75, 3.05) is 24.4 Å². The summed E-state index contributed by atoms with van der Waals surface area (Å²) in [6.07, 6.45) is 0.597. The second kappa shape index (κ2) is 11.8. The third-order valence-corrected chi connectivity index (χ3v) is 7.47. The lowest BCUT2D eigenvalue weighted by Crippen LogP contribution is -2.21. The van der Waals surface area contributed by atoms with Crippen molar-refractivity contribution in [3.63, 3.8) is 0 Å². The molecule has 0 radical (unpaired) electrons. The number of hydrogen-bond acceptors (Lipinski definition) is 5. The van der Waals surface area contributed by atoms with Crippen LogP contribution in [0.4, 0.5) is 16.3 Å². The van der Waals surface area contributed by atoms with Gasteiger partial charge in [-0.3, -0.25) is 5.32 Å². The second-order valence-electron chi connectivity index (χ2n) is 11.8. The predicted molar refractivity (Wildman–Crippen MR) is 175 cm³/mol. The number of carbonyl (C=O) groups excluding carboxylic acids is 1. The number of ether oxygens (including phenoxy) is 2. The second-order valence-corrected chi connectivity index (χ2v) is 11.8. The highest BCUT2D eigenvalue weighted by molar-refractivity contribution is 6.07. The number of aromatic amines is 1. The maximum atomic E-state index is 13.3. The number of para-hydroxylation sites is 1. The summed E-state index contributed by atoms with van der Waals surface area (Å²) in [5.74, 6) is 2.87. The number of methoxy groups -OCH3 is 1. The maximum absolute atomic E-state index is 13.3. The zero-order chi connectivity index (χ0) is 30.8. The van der Waals surface area contributed by atoms with Gasteiger partial charge in [0.15, 0.2) is 0 Å². The molecule has 0 saturated carbocycles. The molecule has 0 fully saturated rings. The van der Waals surface area contributed by atoms with E-state index in [4.69, 9.17) is 14.6 Å². The summed E-state index contributed by atoms with van der Waals surface area (Å²) in [7, 11) is 1.64. The number of nitrogens with zero attached hydrogens (tertiary/aromatic N) is 3. The average molecular weight is 589 g/mol. The number of H-pyrrole nitrogens is 1. The Bertz CT molecular complexity index is 1950. The summed E-state index contributed by atoms with van der Waals surface area (Å²) < 4.78 is 13.4. The number of nitrogens with one attached hydrogen (secondary N) is 3. The normalized spacial score (nSPS) is 11.6. The lowest BCUT2D eigenvalue weighted by molar-refractivity contribution is 0.262. The molecule has 3 N–H and O–H groups in total. The van der Waals surface area contributed by atoms with E-state index in [9.17, 15) is 4.79 Å². The van der Waals surface area contributed by atoms with Crippen molar-refractivity contribution >= 4 is 39.3 Å². The SMILES string of the molecule is COc1cccc2[nH]c(CCOc3ccc(NC(=O)Nc4cc(C(C)(C)C)nn4-c4ccc(C)cc4)c4ccccc34)nc12. The highest BCUT2D eigenvalue weighted by atomic mass is 16.5. The lowest BCUT2D eigenvalue weighted by Gasteiger charge is -2.14. The molecule has 0 spiro atoms. The fraction of sp³-hybridized carbons (Fsp3) is 0.229. The minimum Gasteiger partial charge on any atom is -0.494 e. The molecule has 0 aliphatic heterocycles. The van der Waals surface area contributed by atoms with Gasteiger partial charge in [-0.1, -0.05) is 68.8 Å². The van der Waals surface area contributed by atoms with Crippen molar-refractivity contribution in [2.45, 2.75) is 39.5 Å². The van der Waals surface area contributed by atoms with E-state index in [1.54, 1.807) is 11.8 Å². The minimum atomic E-state index is -0.363. The number of imidazole rings is 1. The molecule has 6 aromatic rings. The molecule has 44 heavy (non-hydrogen) atoms. The van der Waals surface area contributed by atoms with Gasteiger partial charge in [0, 0.05) is 28.7 Å². The Morgan fingerprint density at radius 2 is 1.68 bits per heavy atom. The minimum absolute atomic E-state index is 0.188. The standard InChI is InChI=1S/C35H36N6O3/c1-22-13-15-23(16-14-22)41-32(21-30(40-41)35(2,3)4)39-34(42)37-26-17-18-28(25-10-7-6-9-24(25)26)44-20-19-31-36-27-11-8-12-29(43-5)33(27)38-31/h6-18,21H,19-20H2,1-5H3,(H,36,38)(H2,37,39,42). The largest absolute Gasteiger partial charge is 0.494 e. The molecule has 2 amide bonds. The number of anilines is 2. The predicted octanol–water partition coefficient (Wildman–Crippen LogP) is 7.78. The Morgan fingerprint density at radius 3 is 2.43 bits per heavy atom. The Hall–Kier alpha value is -5.31. The Balaban J connectivity index is 1.19. The molecule has 2 aromatic heterocycles. The molecule has 9 heteroatoms. The first-order valence-electron chi connectivity index (χ1n) is 14.6. The Labute approximate surface area is 256 Å². The topological polar surface area (TPSA) is 106 Å². The number of hydrogen-bond donors (Lipinski definition) is 3. The van der Waals surface area contributed by atoms with Crippen molar-refractivity contribution in [2.24, 2.45) is 0 Å². The van der Waals surface area contributed by atoms with E-state index in [2.05, 4.69) is 41.4 Å².